The van der Waals surface area contributed by atoms with Crippen LogP contribution in [0.15, 0.2) is 51.6 Å². The van der Waals surface area contributed by atoms with Crippen molar-refractivity contribution in [3.63, 3.8) is 0 Å². The highest BCUT2D eigenvalue weighted by molar-refractivity contribution is 9.10. The number of hydrogen-bond donors (Lipinski definition) is 2. The monoisotopic (exact) mass is 337 g/mol. The zero-order valence-electron chi connectivity index (χ0n) is 10.9. The molecule has 5 heteroatoms. The minimum atomic E-state index is -0.804. The molecule has 1 aromatic carbocycles. The molecule has 0 saturated carbocycles. The number of carbonyl (C=O) groups excluding carboxylic acids is 1. The van der Waals surface area contributed by atoms with Gasteiger partial charge in [-0.3, -0.25) is 4.79 Å². The van der Waals surface area contributed by atoms with Gasteiger partial charge in [0.25, 0.3) is 0 Å². The van der Waals surface area contributed by atoms with Crippen LogP contribution in [-0.4, -0.2) is 17.6 Å². The number of aryl methyl sites for hydroxylation is 1. The van der Waals surface area contributed by atoms with Crippen molar-refractivity contribution in [1.29, 1.82) is 0 Å². The number of aliphatic hydroxyl groups is 1. The van der Waals surface area contributed by atoms with E-state index in [0.29, 0.717) is 18.6 Å². The number of benzene rings is 1. The van der Waals surface area contributed by atoms with Crippen molar-refractivity contribution in [2.24, 2.45) is 0 Å². The van der Waals surface area contributed by atoms with Crippen molar-refractivity contribution in [2.75, 3.05) is 6.54 Å². The molecule has 1 amide bonds. The standard InChI is InChI=1S/C15H16BrNO3/c16-12-6-3-11(4-7-12)5-8-15(19)17-10-13(18)14-2-1-9-20-14/h1-4,6-7,9,13,18H,5,8,10H2,(H,17,19). The first-order valence-corrected chi connectivity index (χ1v) is 7.17. The van der Waals surface area contributed by atoms with Gasteiger partial charge < -0.3 is 14.8 Å². The van der Waals surface area contributed by atoms with Crippen LogP contribution in [0.1, 0.15) is 23.8 Å². The topological polar surface area (TPSA) is 62.5 Å². The SMILES string of the molecule is O=C(CCc1ccc(Br)cc1)NCC(O)c1ccco1. The molecule has 4 nitrogen and oxygen atoms in total. The van der Waals surface area contributed by atoms with Gasteiger partial charge in [0.05, 0.1) is 12.8 Å². The van der Waals surface area contributed by atoms with E-state index in [0.717, 1.165) is 10.0 Å². The van der Waals surface area contributed by atoms with Crippen molar-refractivity contribution < 1.29 is 14.3 Å². The molecule has 0 radical (unpaired) electrons. The largest absolute Gasteiger partial charge is 0.467 e. The van der Waals surface area contributed by atoms with Gasteiger partial charge in [0.15, 0.2) is 0 Å². The van der Waals surface area contributed by atoms with Crippen LogP contribution < -0.4 is 5.32 Å². The molecule has 1 aromatic heterocycles. The molecule has 1 atom stereocenters. The molecular weight excluding hydrogens is 322 g/mol. The highest BCUT2D eigenvalue weighted by Gasteiger charge is 2.11. The molecule has 2 rings (SSSR count). The number of nitrogens with one attached hydrogen (secondary N) is 1. The number of amides is 1. The Kier molecular flexibility index (Phi) is 5.38. The van der Waals surface area contributed by atoms with Gasteiger partial charge >= 0.3 is 0 Å². The highest BCUT2D eigenvalue weighted by atomic mass is 79.9. The lowest BCUT2D eigenvalue weighted by Gasteiger charge is -2.09. The van der Waals surface area contributed by atoms with Gasteiger partial charge in [-0.05, 0) is 36.2 Å². The molecule has 0 aliphatic carbocycles. The van der Waals surface area contributed by atoms with Crippen LogP contribution in [0.4, 0.5) is 0 Å². The van der Waals surface area contributed by atoms with E-state index < -0.39 is 6.10 Å². The Labute approximate surface area is 125 Å². The lowest BCUT2D eigenvalue weighted by molar-refractivity contribution is -0.121. The predicted octanol–water partition coefficient (Wildman–Crippen LogP) is 2.82. The lowest BCUT2D eigenvalue weighted by atomic mass is 10.1. The van der Waals surface area contributed by atoms with Crippen LogP contribution in [0.2, 0.25) is 0 Å². The number of rotatable bonds is 6. The van der Waals surface area contributed by atoms with E-state index in [4.69, 9.17) is 4.42 Å². The Morgan fingerprint density at radius 1 is 1.30 bits per heavy atom. The summed E-state index contributed by atoms with van der Waals surface area (Å²) in [6.45, 7) is 0.159. The molecular formula is C15H16BrNO3. The third-order valence-electron chi connectivity index (χ3n) is 2.92. The number of aliphatic hydroxyl groups excluding tert-OH is 1. The molecule has 0 spiro atoms. The molecule has 1 heterocycles. The fraction of sp³-hybridized carbons (Fsp3) is 0.267. The fourth-order valence-electron chi connectivity index (χ4n) is 1.79. The fourth-order valence-corrected chi connectivity index (χ4v) is 2.05. The van der Waals surface area contributed by atoms with Crippen molar-refractivity contribution in [3.05, 3.63) is 58.5 Å². The maximum atomic E-state index is 11.7. The molecule has 0 fully saturated rings. The van der Waals surface area contributed by atoms with E-state index in [2.05, 4.69) is 21.2 Å². The van der Waals surface area contributed by atoms with Crippen molar-refractivity contribution >= 4 is 21.8 Å². The number of carbonyl (C=O) groups is 1. The molecule has 2 N–H and O–H groups in total. The summed E-state index contributed by atoms with van der Waals surface area (Å²) in [5.41, 5.74) is 1.11. The second-order valence-corrected chi connectivity index (χ2v) is 5.38. The highest BCUT2D eigenvalue weighted by Crippen LogP contribution is 2.13. The first-order valence-electron chi connectivity index (χ1n) is 6.38. The van der Waals surface area contributed by atoms with Crippen LogP contribution in [0.5, 0.6) is 0 Å². The minimum Gasteiger partial charge on any atom is -0.467 e. The Bertz CT molecular complexity index is 537. The zero-order chi connectivity index (χ0) is 14.4. The van der Waals surface area contributed by atoms with Gasteiger partial charge in [-0.25, -0.2) is 0 Å². The molecule has 2 aromatic rings. The summed E-state index contributed by atoms with van der Waals surface area (Å²) >= 11 is 3.37. The minimum absolute atomic E-state index is 0.0847. The summed E-state index contributed by atoms with van der Waals surface area (Å²) in [5, 5.41) is 12.5. The van der Waals surface area contributed by atoms with E-state index in [1.54, 1.807) is 12.1 Å². The Balaban J connectivity index is 1.71. The molecule has 106 valence electrons. The van der Waals surface area contributed by atoms with Crippen LogP contribution in [-0.2, 0) is 11.2 Å². The van der Waals surface area contributed by atoms with E-state index in [-0.39, 0.29) is 12.5 Å². The Morgan fingerprint density at radius 2 is 2.05 bits per heavy atom. The predicted molar refractivity (Wildman–Crippen MR) is 79.1 cm³/mol. The molecule has 0 bridgehead atoms. The average Bonchev–Trinajstić information content (AvgIpc) is 2.98. The number of halogens is 1. The third kappa shape index (κ3) is 4.51. The van der Waals surface area contributed by atoms with Crippen LogP contribution >= 0.6 is 15.9 Å². The van der Waals surface area contributed by atoms with Gasteiger partial charge in [-0.2, -0.15) is 0 Å². The van der Waals surface area contributed by atoms with Gasteiger partial charge in [-0.1, -0.05) is 28.1 Å². The molecule has 0 saturated heterocycles. The van der Waals surface area contributed by atoms with Gasteiger partial charge in [0.1, 0.15) is 11.9 Å². The molecule has 20 heavy (non-hydrogen) atoms. The van der Waals surface area contributed by atoms with E-state index in [9.17, 15) is 9.90 Å². The van der Waals surface area contributed by atoms with Crippen LogP contribution in [0, 0.1) is 0 Å². The summed E-state index contributed by atoms with van der Waals surface area (Å²) in [5.74, 6) is 0.372. The van der Waals surface area contributed by atoms with Gasteiger partial charge in [-0.15, -0.1) is 0 Å². The molecule has 0 aliphatic rings. The average molecular weight is 338 g/mol. The summed E-state index contributed by atoms with van der Waals surface area (Å²) in [4.78, 5) is 11.7. The summed E-state index contributed by atoms with van der Waals surface area (Å²) < 4.78 is 6.08. The van der Waals surface area contributed by atoms with E-state index >= 15 is 0 Å². The first-order chi connectivity index (χ1) is 9.65. The lowest BCUT2D eigenvalue weighted by Crippen LogP contribution is -2.28. The normalized spacial score (nSPS) is 12.1. The Hall–Kier alpha value is -1.59. The van der Waals surface area contributed by atoms with E-state index in [1.807, 2.05) is 24.3 Å². The van der Waals surface area contributed by atoms with Gasteiger partial charge in [0.2, 0.25) is 5.91 Å². The van der Waals surface area contributed by atoms with Gasteiger partial charge in [0, 0.05) is 10.9 Å². The zero-order valence-corrected chi connectivity index (χ0v) is 12.5. The first kappa shape index (κ1) is 14.8. The number of furan rings is 1. The summed E-state index contributed by atoms with van der Waals surface area (Å²) in [6.07, 6.45) is 1.76. The Morgan fingerprint density at radius 3 is 2.70 bits per heavy atom. The number of hydrogen-bond acceptors (Lipinski definition) is 3. The van der Waals surface area contributed by atoms with Crippen LogP contribution in [0.25, 0.3) is 0 Å². The molecule has 0 aliphatic heterocycles. The van der Waals surface area contributed by atoms with Crippen molar-refractivity contribution in [3.8, 4) is 0 Å². The second-order valence-electron chi connectivity index (χ2n) is 4.46. The maximum Gasteiger partial charge on any atom is 0.220 e. The maximum absolute atomic E-state index is 11.7. The van der Waals surface area contributed by atoms with Crippen LogP contribution in [0.3, 0.4) is 0 Å². The summed E-state index contributed by atoms with van der Waals surface area (Å²) in [7, 11) is 0. The second kappa shape index (κ2) is 7.26. The quantitative estimate of drug-likeness (QED) is 0.851. The summed E-state index contributed by atoms with van der Waals surface area (Å²) in [6, 6.07) is 11.2. The third-order valence-corrected chi connectivity index (χ3v) is 3.45. The smallest absolute Gasteiger partial charge is 0.220 e. The van der Waals surface area contributed by atoms with E-state index in [1.165, 1.54) is 6.26 Å². The molecule has 1 unspecified atom stereocenters. The van der Waals surface area contributed by atoms with Crippen molar-refractivity contribution in [1.82, 2.24) is 5.32 Å². The van der Waals surface area contributed by atoms with Crippen molar-refractivity contribution in [2.45, 2.75) is 18.9 Å².